The van der Waals surface area contributed by atoms with Gasteiger partial charge in [0.15, 0.2) is 0 Å². The second-order valence-corrected chi connectivity index (χ2v) is 4.44. The highest BCUT2D eigenvalue weighted by atomic mass is 16.7. The molecular formula is C12H20O6. The normalized spacial score (nSPS) is 36.2. The Morgan fingerprint density at radius 1 is 1.28 bits per heavy atom. The van der Waals surface area contributed by atoms with Crippen LogP contribution in [0.5, 0.6) is 0 Å². The molecule has 1 saturated heterocycles. The second-order valence-electron chi connectivity index (χ2n) is 4.44. The van der Waals surface area contributed by atoms with Crippen molar-refractivity contribution in [2.24, 2.45) is 0 Å². The number of hydrogen-bond acceptors (Lipinski definition) is 6. The molecule has 0 aromatic heterocycles. The molecule has 1 aliphatic rings. The van der Waals surface area contributed by atoms with Crippen LogP contribution in [0.25, 0.3) is 0 Å². The molecule has 104 valence electrons. The van der Waals surface area contributed by atoms with E-state index in [4.69, 9.17) is 9.47 Å². The van der Waals surface area contributed by atoms with Gasteiger partial charge in [-0.05, 0) is 13.3 Å². The van der Waals surface area contributed by atoms with E-state index in [1.54, 1.807) is 0 Å². The number of carbonyl (C=O) groups excluding carboxylic acids is 1. The maximum atomic E-state index is 11.6. The van der Waals surface area contributed by atoms with E-state index in [1.165, 1.54) is 6.92 Å². The van der Waals surface area contributed by atoms with E-state index >= 15 is 0 Å². The van der Waals surface area contributed by atoms with Crippen molar-refractivity contribution in [1.29, 1.82) is 0 Å². The summed E-state index contributed by atoms with van der Waals surface area (Å²) < 4.78 is 10.1. The van der Waals surface area contributed by atoms with E-state index in [-0.39, 0.29) is 5.57 Å². The van der Waals surface area contributed by atoms with Crippen molar-refractivity contribution in [2.75, 3.05) is 0 Å². The maximum absolute atomic E-state index is 11.6. The summed E-state index contributed by atoms with van der Waals surface area (Å²) in [6.45, 7) is 6.98. The van der Waals surface area contributed by atoms with Gasteiger partial charge in [0.25, 0.3) is 0 Å². The number of aliphatic hydroxyl groups excluding tert-OH is 3. The van der Waals surface area contributed by atoms with Crippen LogP contribution in [-0.4, -0.2) is 52.0 Å². The van der Waals surface area contributed by atoms with E-state index < -0.39 is 36.7 Å². The van der Waals surface area contributed by atoms with Crippen LogP contribution in [0.1, 0.15) is 26.7 Å². The number of carbonyl (C=O) groups is 1. The van der Waals surface area contributed by atoms with E-state index in [2.05, 4.69) is 6.58 Å². The average Bonchev–Trinajstić information content (AvgIpc) is 2.33. The van der Waals surface area contributed by atoms with Gasteiger partial charge >= 0.3 is 5.97 Å². The smallest absolute Gasteiger partial charge is 0.335 e. The molecule has 5 atom stereocenters. The third-order valence-electron chi connectivity index (χ3n) is 2.87. The minimum absolute atomic E-state index is 0.279. The van der Waals surface area contributed by atoms with E-state index in [1.807, 2.05) is 6.92 Å². The Kier molecular flexibility index (Phi) is 5.28. The highest BCUT2D eigenvalue weighted by Crippen LogP contribution is 2.22. The number of hydrogen-bond donors (Lipinski definition) is 3. The molecule has 6 heteroatoms. The highest BCUT2D eigenvalue weighted by molar-refractivity contribution is 5.87. The zero-order valence-electron chi connectivity index (χ0n) is 10.6. The summed E-state index contributed by atoms with van der Waals surface area (Å²) in [5.74, 6) is -0.670. The van der Waals surface area contributed by atoms with Gasteiger partial charge in [-0.15, -0.1) is 0 Å². The lowest BCUT2D eigenvalue weighted by Crippen LogP contribution is -2.57. The third kappa shape index (κ3) is 3.29. The molecule has 0 radical (unpaired) electrons. The largest absolute Gasteiger partial charge is 0.429 e. The first-order chi connectivity index (χ1) is 8.38. The summed E-state index contributed by atoms with van der Waals surface area (Å²) in [6, 6.07) is 0. The fraction of sp³-hybridized carbons (Fsp3) is 0.750. The standard InChI is InChI=1S/C12H20O6/c1-4-5-6(2)11(16)18-12-10(15)9(14)8(13)7(3)17-12/h7-10,12-15H,2,4-5H2,1,3H3/t7-,8-,9+,10+,12?/m0/s1. The second kappa shape index (κ2) is 6.29. The number of ether oxygens (including phenoxy) is 2. The molecule has 0 aromatic carbocycles. The lowest BCUT2D eigenvalue weighted by atomic mass is 10.00. The van der Waals surface area contributed by atoms with Crippen LogP contribution >= 0.6 is 0 Å². The van der Waals surface area contributed by atoms with Gasteiger partial charge in [-0.3, -0.25) is 0 Å². The van der Waals surface area contributed by atoms with Gasteiger partial charge in [-0.2, -0.15) is 0 Å². The molecule has 3 N–H and O–H groups in total. The molecule has 1 unspecified atom stereocenters. The molecule has 1 aliphatic heterocycles. The van der Waals surface area contributed by atoms with E-state index in [0.29, 0.717) is 6.42 Å². The van der Waals surface area contributed by atoms with Crippen LogP contribution < -0.4 is 0 Å². The van der Waals surface area contributed by atoms with Gasteiger partial charge in [0.2, 0.25) is 6.29 Å². The molecule has 1 rings (SSSR count). The fourth-order valence-corrected chi connectivity index (χ4v) is 1.70. The average molecular weight is 260 g/mol. The Balaban J connectivity index is 2.61. The minimum atomic E-state index is -1.48. The van der Waals surface area contributed by atoms with Gasteiger partial charge in [-0.25, -0.2) is 4.79 Å². The Bertz CT molecular complexity index is 316. The monoisotopic (exact) mass is 260 g/mol. The Morgan fingerprint density at radius 2 is 1.89 bits per heavy atom. The van der Waals surface area contributed by atoms with Crippen molar-refractivity contribution in [3.8, 4) is 0 Å². The van der Waals surface area contributed by atoms with Gasteiger partial charge in [0.05, 0.1) is 6.10 Å². The summed E-state index contributed by atoms with van der Waals surface area (Å²) in [5.41, 5.74) is 0.279. The van der Waals surface area contributed by atoms with Crippen molar-refractivity contribution in [1.82, 2.24) is 0 Å². The van der Waals surface area contributed by atoms with Gasteiger partial charge in [0, 0.05) is 5.57 Å². The Labute approximate surface area is 106 Å². The van der Waals surface area contributed by atoms with E-state index in [9.17, 15) is 20.1 Å². The summed E-state index contributed by atoms with van der Waals surface area (Å²) in [6.07, 6.45) is -4.89. The first-order valence-corrected chi connectivity index (χ1v) is 5.96. The fourth-order valence-electron chi connectivity index (χ4n) is 1.70. The molecule has 0 spiro atoms. The minimum Gasteiger partial charge on any atom is -0.429 e. The van der Waals surface area contributed by atoms with Gasteiger partial charge in [0.1, 0.15) is 18.3 Å². The van der Waals surface area contributed by atoms with Crippen molar-refractivity contribution in [2.45, 2.75) is 57.4 Å². The first kappa shape index (κ1) is 15.1. The lowest BCUT2D eigenvalue weighted by Gasteiger charge is -2.38. The molecular weight excluding hydrogens is 240 g/mol. The number of esters is 1. The van der Waals surface area contributed by atoms with E-state index in [0.717, 1.165) is 6.42 Å². The highest BCUT2D eigenvalue weighted by Gasteiger charge is 2.43. The molecule has 0 bridgehead atoms. The van der Waals surface area contributed by atoms with Crippen LogP contribution in [0.15, 0.2) is 12.2 Å². The quantitative estimate of drug-likeness (QED) is 0.475. The van der Waals surface area contributed by atoms with Crippen LogP contribution in [0.4, 0.5) is 0 Å². The zero-order chi connectivity index (χ0) is 13.9. The first-order valence-electron chi connectivity index (χ1n) is 5.96. The van der Waals surface area contributed by atoms with Crippen molar-refractivity contribution < 1.29 is 29.6 Å². The number of rotatable bonds is 4. The molecule has 6 nitrogen and oxygen atoms in total. The van der Waals surface area contributed by atoms with Crippen molar-refractivity contribution >= 4 is 5.97 Å². The molecule has 18 heavy (non-hydrogen) atoms. The van der Waals surface area contributed by atoms with Crippen molar-refractivity contribution in [3.63, 3.8) is 0 Å². The Hall–Kier alpha value is -0.950. The molecule has 1 heterocycles. The van der Waals surface area contributed by atoms with Crippen LogP contribution in [0.2, 0.25) is 0 Å². The zero-order valence-corrected chi connectivity index (χ0v) is 10.6. The van der Waals surface area contributed by atoms with Gasteiger partial charge in [-0.1, -0.05) is 19.9 Å². The van der Waals surface area contributed by atoms with Gasteiger partial charge < -0.3 is 24.8 Å². The molecule has 0 aromatic rings. The molecule has 0 amide bonds. The molecule has 0 saturated carbocycles. The van der Waals surface area contributed by atoms with Crippen LogP contribution in [0.3, 0.4) is 0 Å². The topological polar surface area (TPSA) is 96.2 Å². The summed E-state index contributed by atoms with van der Waals surface area (Å²) in [5, 5.41) is 28.7. The maximum Gasteiger partial charge on any atom is 0.335 e. The predicted molar refractivity (Wildman–Crippen MR) is 62.5 cm³/mol. The Morgan fingerprint density at radius 3 is 2.44 bits per heavy atom. The summed E-state index contributed by atoms with van der Waals surface area (Å²) in [4.78, 5) is 11.6. The lowest BCUT2D eigenvalue weighted by molar-refractivity contribution is -0.283. The third-order valence-corrected chi connectivity index (χ3v) is 2.87. The summed E-state index contributed by atoms with van der Waals surface area (Å²) >= 11 is 0. The van der Waals surface area contributed by atoms with Crippen molar-refractivity contribution in [3.05, 3.63) is 12.2 Å². The predicted octanol–water partition coefficient (Wildman–Crippen LogP) is -0.287. The number of aliphatic hydroxyl groups is 3. The molecule has 1 fully saturated rings. The molecule has 0 aliphatic carbocycles. The SMILES string of the molecule is C=C(CCC)C(=O)OC1O[C@@H](C)[C@H](O)[C@@H](O)[C@H]1O. The van der Waals surface area contributed by atoms with Crippen LogP contribution in [0, 0.1) is 0 Å². The van der Waals surface area contributed by atoms with Crippen LogP contribution in [-0.2, 0) is 14.3 Å². The summed E-state index contributed by atoms with van der Waals surface area (Å²) in [7, 11) is 0.